The first-order valence-electron chi connectivity index (χ1n) is 5.49. The van der Waals surface area contributed by atoms with Crippen molar-refractivity contribution < 1.29 is 0 Å². The van der Waals surface area contributed by atoms with Crippen LogP contribution in [0.1, 0.15) is 5.56 Å². The fourth-order valence-corrected chi connectivity index (χ4v) is 6.69. The first-order valence-corrected chi connectivity index (χ1v) is 8.49. The number of rotatable bonds is 0. The summed E-state index contributed by atoms with van der Waals surface area (Å²) in [6.45, 7) is 7.18. The van der Waals surface area contributed by atoms with Gasteiger partial charge in [-0.25, -0.2) is 0 Å². The van der Waals surface area contributed by atoms with Crippen LogP contribution in [0.4, 0.5) is 0 Å². The first kappa shape index (κ1) is 9.04. The standard InChI is InChI=1S/C14H15Si/c1-10-6-4-8-12-11-7-5-9-13(11)15(2,3)14(10)12/h4-9H,1-3H3/q-1. The van der Waals surface area contributed by atoms with E-state index < -0.39 is 8.07 Å². The lowest BCUT2D eigenvalue weighted by molar-refractivity contribution is 1.51. The van der Waals surface area contributed by atoms with Gasteiger partial charge in [0, 0.05) is 0 Å². The molecule has 2 aromatic rings. The lowest BCUT2D eigenvalue weighted by Crippen LogP contribution is -2.49. The maximum atomic E-state index is 2.46. The lowest BCUT2D eigenvalue weighted by Gasteiger charge is -2.25. The summed E-state index contributed by atoms with van der Waals surface area (Å²) in [6, 6.07) is 13.5. The van der Waals surface area contributed by atoms with Gasteiger partial charge >= 0.3 is 0 Å². The van der Waals surface area contributed by atoms with E-state index in [1.54, 1.807) is 10.4 Å². The van der Waals surface area contributed by atoms with Crippen LogP contribution in [0.15, 0.2) is 36.4 Å². The Balaban J connectivity index is 2.44. The predicted octanol–water partition coefficient (Wildman–Crippen LogP) is 2.52. The zero-order valence-electron chi connectivity index (χ0n) is 9.46. The Bertz CT molecular complexity index is 532. The Morgan fingerprint density at radius 1 is 1.07 bits per heavy atom. The zero-order chi connectivity index (χ0) is 10.6. The zero-order valence-corrected chi connectivity index (χ0v) is 10.5. The van der Waals surface area contributed by atoms with E-state index in [4.69, 9.17) is 0 Å². The normalized spacial score (nSPS) is 16.2. The van der Waals surface area contributed by atoms with Crippen molar-refractivity contribution in [3.63, 3.8) is 0 Å². The molecule has 2 aromatic carbocycles. The van der Waals surface area contributed by atoms with Crippen molar-refractivity contribution in [3.05, 3.63) is 42.0 Å². The number of fused-ring (bicyclic) bond motifs is 3. The Kier molecular flexibility index (Phi) is 1.61. The summed E-state index contributed by atoms with van der Waals surface area (Å²) in [5, 5.41) is 3.27. The summed E-state index contributed by atoms with van der Waals surface area (Å²) in [5.41, 5.74) is 4.46. The van der Waals surface area contributed by atoms with Crippen LogP contribution in [0.25, 0.3) is 11.1 Å². The van der Waals surface area contributed by atoms with E-state index >= 15 is 0 Å². The molecule has 1 heterocycles. The van der Waals surface area contributed by atoms with Gasteiger partial charge in [-0.2, -0.15) is 12.1 Å². The van der Waals surface area contributed by atoms with Crippen LogP contribution in [0, 0.1) is 6.92 Å². The molecule has 0 fully saturated rings. The van der Waals surface area contributed by atoms with E-state index in [9.17, 15) is 0 Å². The molecule has 1 aliphatic rings. The Morgan fingerprint density at radius 2 is 1.87 bits per heavy atom. The molecule has 76 valence electrons. The molecule has 15 heavy (non-hydrogen) atoms. The molecular weight excluding hydrogens is 196 g/mol. The first-order chi connectivity index (χ1) is 7.12. The Labute approximate surface area is 91.9 Å². The third-order valence-electron chi connectivity index (χ3n) is 3.68. The van der Waals surface area contributed by atoms with Crippen molar-refractivity contribution in [1.82, 2.24) is 0 Å². The maximum absolute atomic E-state index is 2.46. The van der Waals surface area contributed by atoms with Gasteiger partial charge in [-0.05, 0) is 6.92 Å². The summed E-state index contributed by atoms with van der Waals surface area (Å²) in [4.78, 5) is 0. The van der Waals surface area contributed by atoms with Crippen molar-refractivity contribution in [2.24, 2.45) is 0 Å². The average Bonchev–Trinajstić information content (AvgIpc) is 2.71. The molecule has 0 spiro atoms. The van der Waals surface area contributed by atoms with Crippen molar-refractivity contribution >= 4 is 18.4 Å². The number of hydrogen-bond donors (Lipinski definition) is 0. The number of benzene rings is 1. The minimum atomic E-state index is -1.37. The molecule has 1 aliphatic heterocycles. The fraction of sp³-hybridized carbons (Fsp3) is 0.214. The van der Waals surface area contributed by atoms with Crippen molar-refractivity contribution in [3.8, 4) is 11.1 Å². The van der Waals surface area contributed by atoms with E-state index in [0.29, 0.717) is 0 Å². The monoisotopic (exact) mass is 211 g/mol. The molecule has 0 amide bonds. The van der Waals surface area contributed by atoms with E-state index in [1.807, 2.05) is 0 Å². The fourth-order valence-electron chi connectivity index (χ4n) is 3.06. The maximum Gasteiger partial charge on any atom is 0.0580 e. The molecule has 0 saturated heterocycles. The highest BCUT2D eigenvalue weighted by Crippen LogP contribution is 2.29. The van der Waals surface area contributed by atoms with Gasteiger partial charge in [0.15, 0.2) is 0 Å². The van der Waals surface area contributed by atoms with Crippen molar-refractivity contribution in [2.45, 2.75) is 20.0 Å². The quantitative estimate of drug-likeness (QED) is 0.464. The Hall–Kier alpha value is -1.21. The molecule has 0 nitrogen and oxygen atoms in total. The summed E-state index contributed by atoms with van der Waals surface area (Å²) in [7, 11) is -1.37. The van der Waals surface area contributed by atoms with Crippen LogP contribution in [0.2, 0.25) is 13.1 Å². The minimum absolute atomic E-state index is 1.37. The van der Waals surface area contributed by atoms with Crippen LogP contribution in [-0.2, 0) is 0 Å². The van der Waals surface area contributed by atoms with Gasteiger partial charge in [-0.3, -0.25) is 0 Å². The number of hydrogen-bond acceptors (Lipinski definition) is 0. The molecule has 0 N–H and O–H groups in total. The molecule has 0 saturated carbocycles. The SMILES string of the molecule is Cc1cccc2c1[Si](C)(C)c1ccc[c-]1-2. The van der Waals surface area contributed by atoms with Crippen LogP contribution in [-0.4, -0.2) is 8.07 Å². The second kappa shape index (κ2) is 2.67. The highest BCUT2D eigenvalue weighted by Gasteiger charge is 2.32. The average molecular weight is 211 g/mol. The molecule has 0 atom stereocenters. The third-order valence-corrected chi connectivity index (χ3v) is 7.37. The van der Waals surface area contributed by atoms with Crippen LogP contribution in [0.3, 0.4) is 0 Å². The highest BCUT2D eigenvalue weighted by atomic mass is 28.3. The molecule has 3 rings (SSSR count). The second-order valence-corrected chi connectivity index (χ2v) is 9.26. The van der Waals surface area contributed by atoms with Gasteiger partial charge in [0.05, 0.1) is 8.07 Å². The molecule has 0 radical (unpaired) electrons. The molecule has 0 aromatic heterocycles. The molecule has 1 heteroatoms. The van der Waals surface area contributed by atoms with Crippen molar-refractivity contribution in [1.29, 1.82) is 0 Å². The molecule has 0 unspecified atom stereocenters. The highest BCUT2D eigenvalue weighted by molar-refractivity contribution is 7.04. The summed E-state index contributed by atoms with van der Waals surface area (Å²) in [6.07, 6.45) is 0. The predicted molar refractivity (Wildman–Crippen MR) is 69.0 cm³/mol. The van der Waals surface area contributed by atoms with E-state index in [0.717, 1.165) is 0 Å². The van der Waals surface area contributed by atoms with Gasteiger partial charge in [0.25, 0.3) is 0 Å². The van der Waals surface area contributed by atoms with E-state index in [1.165, 1.54) is 16.7 Å². The lowest BCUT2D eigenvalue weighted by atomic mass is 10.1. The summed E-state index contributed by atoms with van der Waals surface area (Å²) < 4.78 is 0. The van der Waals surface area contributed by atoms with E-state index in [-0.39, 0.29) is 0 Å². The molecular formula is C14H15Si-. The van der Waals surface area contributed by atoms with Gasteiger partial charge in [0.1, 0.15) is 0 Å². The van der Waals surface area contributed by atoms with Crippen LogP contribution >= 0.6 is 0 Å². The van der Waals surface area contributed by atoms with Gasteiger partial charge in [-0.15, -0.1) is 28.1 Å². The topological polar surface area (TPSA) is 0 Å². The molecule has 0 bridgehead atoms. The number of aryl methyl sites for hydroxylation is 1. The smallest absolute Gasteiger partial charge is 0.0580 e. The van der Waals surface area contributed by atoms with Crippen molar-refractivity contribution in [2.75, 3.05) is 0 Å². The van der Waals surface area contributed by atoms with Gasteiger partial charge < -0.3 is 0 Å². The second-order valence-electron chi connectivity index (χ2n) is 4.98. The Morgan fingerprint density at radius 3 is 2.67 bits per heavy atom. The van der Waals surface area contributed by atoms with Gasteiger partial charge in [0.2, 0.25) is 0 Å². The summed E-state index contributed by atoms with van der Waals surface area (Å²) >= 11 is 0. The van der Waals surface area contributed by atoms with Crippen LogP contribution in [0.5, 0.6) is 0 Å². The third kappa shape index (κ3) is 0.989. The largest absolute Gasteiger partial charge is 0.152 e. The van der Waals surface area contributed by atoms with E-state index in [2.05, 4.69) is 56.4 Å². The van der Waals surface area contributed by atoms with Gasteiger partial charge in [-0.1, -0.05) is 36.4 Å². The van der Waals surface area contributed by atoms with Crippen LogP contribution < -0.4 is 10.4 Å². The summed E-state index contributed by atoms with van der Waals surface area (Å²) in [5.74, 6) is 0. The minimum Gasteiger partial charge on any atom is -0.152 e. The molecule has 0 aliphatic carbocycles.